The number of benzene rings is 1. The number of nitrogens with one attached hydrogen (secondary N) is 1. The fourth-order valence-corrected chi connectivity index (χ4v) is 1.75. The zero-order chi connectivity index (χ0) is 9.84. The average molecular weight is 246 g/mol. The molecule has 0 atom stereocenters. The Morgan fingerprint density at radius 3 is 2.77 bits per heavy atom. The van der Waals surface area contributed by atoms with Crippen LogP contribution in [0.15, 0.2) is 16.6 Å². The van der Waals surface area contributed by atoms with Gasteiger partial charge in [-0.2, -0.15) is 0 Å². The molecule has 0 aliphatic rings. The van der Waals surface area contributed by atoms with Gasteiger partial charge in [0.25, 0.3) is 0 Å². The largest absolute Gasteiger partial charge is 0.495 e. The average Bonchev–Trinajstić information content (AvgIpc) is 2.12. The van der Waals surface area contributed by atoms with E-state index < -0.39 is 0 Å². The summed E-state index contributed by atoms with van der Waals surface area (Å²) in [5, 5.41) is 8.63. The first-order valence-electron chi connectivity index (χ1n) is 3.89. The summed E-state index contributed by atoms with van der Waals surface area (Å²) in [4.78, 5) is 0. The summed E-state index contributed by atoms with van der Waals surface area (Å²) in [6, 6.07) is 3.90. The van der Waals surface area contributed by atoms with Gasteiger partial charge in [0, 0.05) is 12.1 Å². The molecule has 1 aromatic rings. The monoisotopic (exact) mass is 245 g/mol. The molecule has 13 heavy (non-hydrogen) atoms. The molecule has 0 aliphatic heterocycles. The number of aryl methyl sites for hydroxylation is 1. The Hall–Kier alpha value is -0.580. The van der Waals surface area contributed by atoms with Crippen LogP contribution in [0.25, 0.3) is 0 Å². The van der Waals surface area contributed by atoms with Crippen LogP contribution in [0.3, 0.4) is 0 Å². The lowest BCUT2D eigenvalue weighted by atomic mass is 10.1. The summed E-state index contributed by atoms with van der Waals surface area (Å²) in [6.07, 6.45) is 0. The van der Waals surface area contributed by atoms with Crippen molar-refractivity contribution < 1.29 is 9.94 Å². The molecular weight excluding hydrogens is 234 g/mol. The van der Waals surface area contributed by atoms with E-state index in [1.165, 1.54) is 0 Å². The van der Waals surface area contributed by atoms with Gasteiger partial charge in [0.1, 0.15) is 5.75 Å². The van der Waals surface area contributed by atoms with E-state index in [0.717, 1.165) is 21.3 Å². The molecule has 0 saturated carbocycles. The van der Waals surface area contributed by atoms with E-state index in [2.05, 4.69) is 21.4 Å². The van der Waals surface area contributed by atoms with E-state index in [9.17, 15) is 0 Å². The van der Waals surface area contributed by atoms with Crippen LogP contribution in [0.5, 0.6) is 5.75 Å². The van der Waals surface area contributed by atoms with Crippen LogP contribution in [0.4, 0.5) is 0 Å². The van der Waals surface area contributed by atoms with Crippen molar-refractivity contribution in [2.45, 2.75) is 13.5 Å². The summed E-state index contributed by atoms with van der Waals surface area (Å²) in [5.74, 6) is 0.765. The van der Waals surface area contributed by atoms with E-state index in [1.807, 2.05) is 19.1 Å². The van der Waals surface area contributed by atoms with Gasteiger partial charge in [-0.3, -0.25) is 0 Å². The molecule has 0 radical (unpaired) electrons. The minimum absolute atomic E-state index is 0.383. The normalized spacial score (nSPS) is 10.2. The van der Waals surface area contributed by atoms with Crippen molar-refractivity contribution in [3.63, 3.8) is 0 Å². The zero-order valence-electron chi connectivity index (χ0n) is 7.60. The van der Waals surface area contributed by atoms with Crippen molar-refractivity contribution in [3.05, 3.63) is 27.7 Å². The maximum Gasteiger partial charge on any atom is 0.137 e. The van der Waals surface area contributed by atoms with E-state index in [-0.39, 0.29) is 0 Å². The van der Waals surface area contributed by atoms with E-state index in [0.29, 0.717) is 6.54 Å². The van der Waals surface area contributed by atoms with Crippen molar-refractivity contribution in [1.29, 1.82) is 0 Å². The van der Waals surface area contributed by atoms with Crippen LogP contribution in [-0.4, -0.2) is 12.3 Å². The Bertz CT molecular complexity index is 302. The van der Waals surface area contributed by atoms with Gasteiger partial charge in [0.05, 0.1) is 11.6 Å². The highest BCUT2D eigenvalue weighted by molar-refractivity contribution is 9.10. The molecule has 2 N–H and O–H groups in total. The first kappa shape index (κ1) is 10.5. The van der Waals surface area contributed by atoms with Crippen molar-refractivity contribution >= 4 is 15.9 Å². The predicted molar refractivity (Wildman–Crippen MR) is 54.1 cm³/mol. The molecule has 0 saturated heterocycles. The number of halogens is 1. The van der Waals surface area contributed by atoms with Gasteiger partial charge in [-0.15, -0.1) is 0 Å². The van der Waals surface area contributed by atoms with Gasteiger partial charge in [0.2, 0.25) is 0 Å². The number of methoxy groups -OCH3 is 1. The lowest BCUT2D eigenvalue weighted by molar-refractivity contribution is 0.160. The highest BCUT2D eigenvalue weighted by Crippen LogP contribution is 2.30. The van der Waals surface area contributed by atoms with Crippen molar-refractivity contribution in [1.82, 2.24) is 5.48 Å². The van der Waals surface area contributed by atoms with Crippen LogP contribution in [0, 0.1) is 6.92 Å². The molecule has 0 heterocycles. The van der Waals surface area contributed by atoms with Gasteiger partial charge in [-0.25, -0.2) is 5.48 Å². The summed E-state index contributed by atoms with van der Waals surface area (Å²) < 4.78 is 6.11. The second-order valence-corrected chi connectivity index (χ2v) is 3.57. The fourth-order valence-electron chi connectivity index (χ4n) is 1.22. The van der Waals surface area contributed by atoms with Gasteiger partial charge in [-0.05, 0) is 34.5 Å². The molecule has 72 valence electrons. The van der Waals surface area contributed by atoms with Gasteiger partial charge in [-0.1, -0.05) is 6.07 Å². The smallest absolute Gasteiger partial charge is 0.137 e. The van der Waals surface area contributed by atoms with E-state index in [4.69, 9.17) is 9.94 Å². The lowest BCUT2D eigenvalue weighted by Gasteiger charge is -2.12. The Balaban J connectivity index is 3.18. The number of hydrogen-bond donors (Lipinski definition) is 2. The Kier molecular flexibility index (Phi) is 3.71. The molecule has 1 aromatic carbocycles. The first-order valence-corrected chi connectivity index (χ1v) is 4.69. The summed E-state index contributed by atoms with van der Waals surface area (Å²) in [6.45, 7) is 2.36. The third-order valence-corrected chi connectivity index (χ3v) is 2.53. The summed E-state index contributed by atoms with van der Waals surface area (Å²) in [5.41, 5.74) is 4.17. The first-order chi connectivity index (χ1) is 6.20. The highest BCUT2D eigenvalue weighted by atomic mass is 79.9. The summed E-state index contributed by atoms with van der Waals surface area (Å²) in [7, 11) is 1.61. The molecule has 1 rings (SSSR count). The molecule has 0 unspecified atom stereocenters. The molecule has 4 heteroatoms. The number of hydrogen-bond acceptors (Lipinski definition) is 3. The second kappa shape index (κ2) is 4.60. The molecule has 0 amide bonds. The zero-order valence-corrected chi connectivity index (χ0v) is 9.18. The van der Waals surface area contributed by atoms with Crippen LogP contribution in [0.1, 0.15) is 11.1 Å². The summed E-state index contributed by atoms with van der Waals surface area (Å²) >= 11 is 3.38. The van der Waals surface area contributed by atoms with Gasteiger partial charge < -0.3 is 9.94 Å². The van der Waals surface area contributed by atoms with Crippen LogP contribution < -0.4 is 10.2 Å². The second-order valence-electron chi connectivity index (χ2n) is 2.71. The molecule has 0 aromatic heterocycles. The van der Waals surface area contributed by atoms with Crippen molar-refractivity contribution in [3.8, 4) is 5.75 Å². The van der Waals surface area contributed by atoms with Crippen LogP contribution in [-0.2, 0) is 6.54 Å². The number of hydroxylamine groups is 1. The Morgan fingerprint density at radius 1 is 1.54 bits per heavy atom. The molecule has 0 spiro atoms. The van der Waals surface area contributed by atoms with E-state index >= 15 is 0 Å². The minimum atomic E-state index is 0.383. The van der Waals surface area contributed by atoms with Crippen molar-refractivity contribution in [2.24, 2.45) is 0 Å². The van der Waals surface area contributed by atoms with Gasteiger partial charge >= 0.3 is 0 Å². The third-order valence-electron chi connectivity index (χ3n) is 1.91. The Labute approximate surface area is 85.8 Å². The quantitative estimate of drug-likeness (QED) is 0.803. The predicted octanol–water partition coefficient (Wildman–Crippen LogP) is 2.24. The molecule has 0 aliphatic carbocycles. The third kappa shape index (κ3) is 2.21. The minimum Gasteiger partial charge on any atom is -0.495 e. The number of ether oxygens (including phenoxy) is 1. The maximum absolute atomic E-state index is 8.63. The van der Waals surface area contributed by atoms with E-state index in [1.54, 1.807) is 7.11 Å². The SMILES string of the molecule is COc1c(Br)ccc(C)c1CNO. The lowest BCUT2D eigenvalue weighted by Crippen LogP contribution is -2.09. The van der Waals surface area contributed by atoms with Crippen LogP contribution in [0.2, 0.25) is 0 Å². The molecule has 0 fully saturated rings. The van der Waals surface area contributed by atoms with Crippen molar-refractivity contribution in [2.75, 3.05) is 7.11 Å². The Morgan fingerprint density at radius 2 is 2.23 bits per heavy atom. The molecule has 3 nitrogen and oxygen atoms in total. The maximum atomic E-state index is 8.63. The topological polar surface area (TPSA) is 41.5 Å². The highest BCUT2D eigenvalue weighted by Gasteiger charge is 2.09. The fraction of sp³-hybridized carbons (Fsp3) is 0.333. The molecular formula is C9H12BrNO2. The molecule has 0 bridgehead atoms. The van der Waals surface area contributed by atoms with Crippen LogP contribution >= 0.6 is 15.9 Å². The standard InChI is InChI=1S/C9H12BrNO2/c1-6-3-4-8(10)9(13-2)7(6)5-11-12/h3-4,11-12H,5H2,1-2H3. The number of rotatable bonds is 3. The van der Waals surface area contributed by atoms with Gasteiger partial charge in [0.15, 0.2) is 0 Å².